The van der Waals surface area contributed by atoms with Crippen molar-refractivity contribution < 1.29 is 4.79 Å². The van der Waals surface area contributed by atoms with E-state index in [2.05, 4.69) is 24.4 Å². The summed E-state index contributed by atoms with van der Waals surface area (Å²) < 4.78 is 0. The van der Waals surface area contributed by atoms with Gasteiger partial charge in [0.25, 0.3) is 5.91 Å². The van der Waals surface area contributed by atoms with Gasteiger partial charge in [0, 0.05) is 16.3 Å². The summed E-state index contributed by atoms with van der Waals surface area (Å²) in [5.74, 6) is -0.198. The molecular weight excluding hydrogens is 248 g/mol. The van der Waals surface area contributed by atoms with Crippen LogP contribution in [0, 0.1) is 0 Å². The van der Waals surface area contributed by atoms with Crippen LogP contribution in [0.25, 0.3) is 0 Å². The van der Waals surface area contributed by atoms with E-state index in [-0.39, 0.29) is 5.91 Å². The molecule has 18 heavy (non-hydrogen) atoms. The zero-order valence-corrected chi connectivity index (χ0v) is 11.6. The van der Waals surface area contributed by atoms with Gasteiger partial charge in [-0.25, -0.2) is 5.43 Å². The predicted octanol–water partition coefficient (Wildman–Crippen LogP) is 4.03. The molecule has 0 aliphatic heterocycles. The molecule has 0 aromatic heterocycles. The molecule has 1 rings (SSSR count). The average molecular weight is 267 g/mol. The van der Waals surface area contributed by atoms with E-state index in [0.29, 0.717) is 10.6 Å². The van der Waals surface area contributed by atoms with Gasteiger partial charge in [-0.2, -0.15) is 5.10 Å². The summed E-state index contributed by atoms with van der Waals surface area (Å²) in [6.07, 6.45) is 3.93. The fraction of sp³-hybridized carbons (Fsp3) is 0.429. The zero-order chi connectivity index (χ0) is 13.4. The van der Waals surface area contributed by atoms with Crippen molar-refractivity contribution in [1.82, 2.24) is 5.43 Å². The van der Waals surface area contributed by atoms with E-state index in [4.69, 9.17) is 11.6 Å². The number of nitrogens with zero attached hydrogens (tertiary/aromatic N) is 1. The van der Waals surface area contributed by atoms with E-state index in [1.54, 1.807) is 24.3 Å². The Labute approximate surface area is 113 Å². The fourth-order valence-electron chi connectivity index (χ4n) is 1.61. The Hall–Kier alpha value is -1.35. The van der Waals surface area contributed by atoms with Gasteiger partial charge in [-0.1, -0.05) is 38.3 Å². The molecule has 0 radical (unpaired) electrons. The first kappa shape index (κ1) is 14.7. The molecule has 98 valence electrons. The molecule has 0 aliphatic rings. The van der Waals surface area contributed by atoms with Gasteiger partial charge in [0.2, 0.25) is 0 Å². The van der Waals surface area contributed by atoms with E-state index in [1.165, 1.54) is 0 Å². The minimum absolute atomic E-state index is 0.198. The van der Waals surface area contributed by atoms with Crippen LogP contribution in [-0.4, -0.2) is 11.6 Å². The van der Waals surface area contributed by atoms with Crippen LogP contribution < -0.4 is 5.43 Å². The molecule has 1 aromatic rings. The number of halogens is 1. The Kier molecular flexibility index (Phi) is 6.44. The maximum Gasteiger partial charge on any atom is 0.271 e. The van der Waals surface area contributed by atoms with Crippen LogP contribution in [-0.2, 0) is 0 Å². The lowest BCUT2D eigenvalue weighted by Crippen LogP contribution is -2.19. The van der Waals surface area contributed by atoms with Crippen LogP contribution in [0.15, 0.2) is 29.4 Å². The second kappa shape index (κ2) is 7.88. The van der Waals surface area contributed by atoms with Crippen LogP contribution in [0.4, 0.5) is 0 Å². The molecule has 0 aliphatic carbocycles. The molecule has 4 heteroatoms. The number of hydrazone groups is 1. The maximum atomic E-state index is 11.8. The van der Waals surface area contributed by atoms with E-state index in [0.717, 1.165) is 31.4 Å². The SMILES string of the molecule is CCCC(CCC)=NNC(=O)c1ccc(Cl)cc1. The lowest BCUT2D eigenvalue weighted by atomic mass is 10.1. The van der Waals surface area contributed by atoms with Crippen LogP contribution in [0.3, 0.4) is 0 Å². The van der Waals surface area contributed by atoms with Crippen molar-refractivity contribution >= 4 is 23.2 Å². The third-order valence-electron chi connectivity index (χ3n) is 2.50. The minimum atomic E-state index is -0.198. The normalized spacial score (nSPS) is 9.94. The summed E-state index contributed by atoms with van der Waals surface area (Å²) in [5, 5.41) is 4.80. The van der Waals surface area contributed by atoms with Gasteiger partial charge in [0.15, 0.2) is 0 Å². The summed E-state index contributed by atoms with van der Waals surface area (Å²) in [7, 11) is 0. The first-order chi connectivity index (χ1) is 8.67. The van der Waals surface area contributed by atoms with Gasteiger partial charge in [0.05, 0.1) is 0 Å². The highest BCUT2D eigenvalue weighted by molar-refractivity contribution is 6.30. The highest BCUT2D eigenvalue weighted by Gasteiger charge is 2.04. The molecule has 0 spiro atoms. The summed E-state index contributed by atoms with van der Waals surface area (Å²) >= 11 is 5.77. The first-order valence-electron chi connectivity index (χ1n) is 6.28. The molecular formula is C14H19ClN2O. The van der Waals surface area contributed by atoms with E-state index in [9.17, 15) is 4.79 Å². The van der Waals surface area contributed by atoms with Crippen molar-refractivity contribution in [3.05, 3.63) is 34.9 Å². The summed E-state index contributed by atoms with van der Waals surface area (Å²) in [6.45, 7) is 4.21. The monoisotopic (exact) mass is 266 g/mol. The summed E-state index contributed by atoms with van der Waals surface area (Å²) in [4.78, 5) is 11.8. The molecule has 0 bridgehead atoms. The number of rotatable bonds is 6. The minimum Gasteiger partial charge on any atom is -0.267 e. The molecule has 0 unspecified atom stereocenters. The Bertz CT molecular complexity index is 404. The maximum absolute atomic E-state index is 11.8. The lowest BCUT2D eigenvalue weighted by Gasteiger charge is -2.05. The van der Waals surface area contributed by atoms with Crippen molar-refractivity contribution in [3.63, 3.8) is 0 Å². The van der Waals surface area contributed by atoms with Gasteiger partial charge in [0.1, 0.15) is 0 Å². The third kappa shape index (κ3) is 4.88. The Morgan fingerprint density at radius 1 is 1.17 bits per heavy atom. The number of nitrogens with one attached hydrogen (secondary N) is 1. The second-order valence-corrected chi connectivity index (χ2v) is 4.56. The van der Waals surface area contributed by atoms with Crippen LogP contribution in [0.2, 0.25) is 5.02 Å². The van der Waals surface area contributed by atoms with Gasteiger partial charge in [-0.15, -0.1) is 0 Å². The number of hydrogen-bond donors (Lipinski definition) is 1. The summed E-state index contributed by atoms with van der Waals surface area (Å²) in [6, 6.07) is 6.76. The van der Waals surface area contributed by atoms with Crippen molar-refractivity contribution in [1.29, 1.82) is 0 Å². The first-order valence-corrected chi connectivity index (χ1v) is 6.66. The number of carbonyl (C=O) groups excluding carboxylic acids is 1. The zero-order valence-electron chi connectivity index (χ0n) is 10.9. The van der Waals surface area contributed by atoms with Gasteiger partial charge >= 0.3 is 0 Å². The highest BCUT2D eigenvalue weighted by Crippen LogP contribution is 2.09. The fourth-order valence-corrected chi connectivity index (χ4v) is 1.74. The molecule has 0 fully saturated rings. The molecule has 1 aromatic carbocycles. The molecule has 0 saturated carbocycles. The molecule has 0 heterocycles. The number of amides is 1. The predicted molar refractivity (Wildman–Crippen MR) is 76.2 cm³/mol. The third-order valence-corrected chi connectivity index (χ3v) is 2.75. The Morgan fingerprint density at radius 2 is 1.72 bits per heavy atom. The van der Waals surface area contributed by atoms with E-state index in [1.807, 2.05) is 0 Å². The molecule has 1 amide bonds. The van der Waals surface area contributed by atoms with Gasteiger partial charge in [-0.3, -0.25) is 4.79 Å². The smallest absolute Gasteiger partial charge is 0.267 e. The summed E-state index contributed by atoms with van der Waals surface area (Å²) in [5.41, 5.74) is 4.20. The molecule has 1 N–H and O–H groups in total. The number of benzene rings is 1. The Morgan fingerprint density at radius 3 is 2.22 bits per heavy atom. The van der Waals surface area contributed by atoms with Gasteiger partial charge in [-0.05, 0) is 37.1 Å². The van der Waals surface area contributed by atoms with Crippen LogP contribution in [0.1, 0.15) is 49.9 Å². The number of hydrogen-bond acceptors (Lipinski definition) is 2. The van der Waals surface area contributed by atoms with Crippen LogP contribution >= 0.6 is 11.6 Å². The van der Waals surface area contributed by atoms with E-state index >= 15 is 0 Å². The van der Waals surface area contributed by atoms with Crippen LogP contribution in [0.5, 0.6) is 0 Å². The molecule has 0 atom stereocenters. The highest BCUT2D eigenvalue weighted by atomic mass is 35.5. The van der Waals surface area contributed by atoms with Crippen molar-refractivity contribution in [2.24, 2.45) is 5.10 Å². The standard InChI is InChI=1S/C14H19ClN2O/c1-3-5-13(6-4-2)16-17-14(18)11-7-9-12(15)10-8-11/h7-10H,3-6H2,1-2H3,(H,17,18). The second-order valence-electron chi connectivity index (χ2n) is 4.13. The molecule has 0 saturated heterocycles. The van der Waals surface area contributed by atoms with Crippen molar-refractivity contribution in [2.75, 3.05) is 0 Å². The number of carbonyl (C=O) groups is 1. The van der Waals surface area contributed by atoms with Gasteiger partial charge < -0.3 is 0 Å². The molecule has 3 nitrogen and oxygen atoms in total. The van der Waals surface area contributed by atoms with E-state index < -0.39 is 0 Å². The van der Waals surface area contributed by atoms with Crippen molar-refractivity contribution in [3.8, 4) is 0 Å². The largest absolute Gasteiger partial charge is 0.271 e. The Balaban J connectivity index is 2.63. The quantitative estimate of drug-likeness (QED) is 0.613. The average Bonchev–Trinajstić information content (AvgIpc) is 2.37. The lowest BCUT2D eigenvalue weighted by molar-refractivity contribution is 0.0954. The van der Waals surface area contributed by atoms with Crippen molar-refractivity contribution in [2.45, 2.75) is 39.5 Å². The topological polar surface area (TPSA) is 41.5 Å².